The van der Waals surface area contributed by atoms with Gasteiger partial charge in [0.15, 0.2) is 0 Å². The molecule has 6 heteroatoms. The molecular formula is C27H40N4O2. The van der Waals surface area contributed by atoms with Crippen LogP contribution in [0.1, 0.15) is 57.6 Å². The molecule has 0 spiro atoms. The molecule has 180 valence electrons. The van der Waals surface area contributed by atoms with Gasteiger partial charge in [0.25, 0.3) is 0 Å². The van der Waals surface area contributed by atoms with Crippen LogP contribution in [0.25, 0.3) is 11.5 Å². The van der Waals surface area contributed by atoms with Gasteiger partial charge in [-0.3, -0.25) is 9.80 Å². The minimum Gasteiger partial charge on any atom is -0.494 e. The molecule has 3 fully saturated rings. The Bertz CT molecular complexity index is 861. The van der Waals surface area contributed by atoms with E-state index in [9.17, 15) is 0 Å². The molecule has 1 unspecified atom stereocenters. The summed E-state index contributed by atoms with van der Waals surface area (Å²) in [6, 6.07) is 9.57. The molecule has 0 radical (unpaired) electrons. The van der Waals surface area contributed by atoms with Gasteiger partial charge < -0.3 is 14.1 Å². The fourth-order valence-electron chi connectivity index (χ4n) is 5.76. The Balaban J connectivity index is 1.05. The third kappa shape index (κ3) is 5.97. The van der Waals surface area contributed by atoms with Crippen LogP contribution in [0.15, 0.2) is 34.9 Å². The normalized spacial score (nSPS) is 24.8. The van der Waals surface area contributed by atoms with Gasteiger partial charge in [-0.1, -0.05) is 0 Å². The number of ether oxygens (including phenoxy) is 1. The molecule has 0 bridgehead atoms. The second kappa shape index (κ2) is 11.0. The number of likely N-dealkylation sites (tertiary alicyclic amines) is 3. The first-order chi connectivity index (χ1) is 16.2. The average Bonchev–Trinajstić information content (AvgIpc) is 3.63. The summed E-state index contributed by atoms with van der Waals surface area (Å²) >= 11 is 0. The van der Waals surface area contributed by atoms with Crippen molar-refractivity contribution in [3.05, 3.63) is 36.2 Å². The first-order valence-electron chi connectivity index (χ1n) is 13.1. The number of benzene rings is 1. The highest BCUT2D eigenvalue weighted by Crippen LogP contribution is 2.25. The molecule has 4 heterocycles. The molecule has 3 aliphatic rings. The fourth-order valence-corrected chi connectivity index (χ4v) is 5.76. The van der Waals surface area contributed by atoms with Crippen LogP contribution in [0.5, 0.6) is 5.75 Å². The molecule has 6 nitrogen and oxygen atoms in total. The van der Waals surface area contributed by atoms with E-state index in [-0.39, 0.29) is 0 Å². The van der Waals surface area contributed by atoms with Gasteiger partial charge in [-0.25, -0.2) is 4.98 Å². The largest absolute Gasteiger partial charge is 0.494 e. The molecule has 0 N–H and O–H groups in total. The maximum Gasteiger partial charge on any atom is 0.226 e. The Morgan fingerprint density at radius 1 is 0.970 bits per heavy atom. The first kappa shape index (κ1) is 22.9. The van der Waals surface area contributed by atoms with Crippen LogP contribution >= 0.6 is 0 Å². The predicted octanol–water partition coefficient (Wildman–Crippen LogP) is 4.66. The lowest BCUT2D eigenvalue weighted by molar-refractivity contribution is 0.178. The lowest BCUT2D eigenvalue weighted by Gasteiger charge is -2.28. The van der Waals surface area contributed by atoms with Crippen molar-refractivity contribution in [3.63, 3.8) is 0 Å². The highest BCUT2D eigenvalue weighted by Gasteiger charge is 2.27. The monoisotopic (exact) mass is 452 g/mol. The fraction of sp³-hybridized carbons (Fsp3) is 0.667. The summed E-state index contributed by atoms with van der Waals surface area (Å²) < 4.78 is 11.8. The third-order valence-corrected chi connectivity index (χ3v) is 7.73. The summed E-state index contributed by atoms with van der Waals surface area (Å²) in [5, 5.41) is 0. The van der Waals surface area contributed by atoms with Crippen LogP contribution in [0, 0.1) is 0 Å². The van der Waals surface area contributed by atoms with Gasteiger partial charge >= 0.3 is 0 Å². The second-order valence-corrected chi connectivity index (χ2v) is 10.2. The van der Waals surface area contributed by atoms with Gasteiger partial charge in [-0.05, 0) is 102 Å². The van der Waals surface area contributed by atoms with E-state index < -0.39 is 0 Å². The van der Waals surface area contributed by atoms with E-state index in [2.05, 4.69) is 33.8 Å². The summed E-state index contributed by atoms with van der Waals surface area (Å²) in [4.78, 5) is 12.5. The van der Waals surface area contributed by atoms with E-state index in [4.69, 9.17) is 14.1 Å². The summed E-state index contributed by atoms with van der Waals surface area (Å²) in [5.41, 5.74) is 2.02. The van der Waals surface area contributed by atoms with Gasteiger partial charge in [0, 0.05) is 37.3 Å². The third-order valence-electron chi connectivity index (χ3n) is 7.73. The Morgan fingerprint density at radius 3 is 2.55 bits per heavy atom. The van der Waals surface area contributed by atoms with E-state index in [0.717, 1.165) is 55.7 Å². The van der Waals surface area contributed by atoms with Crippen molar-refractivity contribution >= 4 is 0 Å². The standard InChI is InChI=1S/C27H40N4O2/c1-22-7-4-16-31(22)19-24-21-33-27(28-24)23-9-11-26(12-10-23)32-18-6-17-30-15-5-8-25(30)20-29-13-2-3-14-29/h9-12,21-22,25H,2-8,13-20H2,1H3/t22?,25-/m0/s1. The summed E-state index contributed by atoms with van der Waals surface area (Å²) in [7, 11) is 0. The van der Waals surface area contributed by atoms with Gasteiger partial charge in [-0.2, -0.15) is 0 Å². The van der Waals surface area contributed by atoms with E-state index in [1.165, 1.54) is 64.7 Å². The van der Waals surface area contributed by atoms with Gasteiger partial charge in [0.2, 0.25) is 5.89 Å². The molecule has 1 aromatic heterocycles. The number of oxazole rings is 1. The van der Waals surface area contributed by atoms with E-state index in [1.807, 2.05) is 12.1 Å². The Kier molecular flexibility index (Phi) is 7.64. The zero-order valence-electron chi connectivity index (χ0n) is 20.3. The summed E-state index contributed by atoms with van der Waals surface area (Å²) in [5.74, 6) is 1.62. The molecule has 0 saturated carbocycles. The lowest BCUT2D eigenvalue weighted by Crippen LogP contribution is -2.40. The molecule has 3 aliphatic heterocycles. The molecule has 3 saturated heterocycles. The van der Waals surface area contributed by atoms with Gasteiger partial charge in [-0.15, -0.1) is 0 Å². The van der Waals surface area contributed by atoms with Crippen molar-refractivity contribution < 1.29 is 9.15 Å². The number of rotatable bonds is 10. The van der Waals surface area contributed by atoms with Crippen molar-refractivity contribution in [2.24, 2.45) is 0 Å². The van der Waals surface area contributed by atoms with Crippen molar-refractivity contribution in [3.8, 4) is 17.2 Å². The highest BCUT2D eigenvalue weighted by atomic mass is 16.5. The van der Waals surface area contributed by atoms with Gasteiger partial charge in [0.1, 0.15) is 12.0 Å². The zero-order valence-corrected chi connectivity index (χ0v) is 20.3. The van der Waals surface area contributed by atoms with Crippen molar-refractivity contribution in [2.75, 3.05) is 45.9 Å². The van der Waals surface area contributed by atoms with Crippen LogP contribution < -0.4 is 4.74 Å². The number of nitrogens with zero attached hydrogens (tertiary/aromatic N) is 4. The van der Waals surface area contributed by atoms with Crippen LogP contribution in [0.2, 0.25) is 0 Å². The van der Waals surface area contributed by atoms with Crippen LogP contribution in [-0.4, -0.2) is 77.6 Å². The number of aromatic nitrogens is 1. The molecule has 1 aromatic carbocycles. The predicted molar refractivity (Wildman–Crippen MR) is 131 cm³/mol. The Labute approximate surface area is 198 Å². The highest BCUT2D eigenvalue weighted by molar-refractivity contribution is 5.54. The molecule has 5 rings (SSSR count). The maximum absolute atomic E-state index is 6.04. The second-order valence-electron chi connectivity index (χ2n) is 10.2. The smallest absolute Gasteiger partial charge is 0.226 e. The van der Waals surface area contributed by atoms with Crippen molar-refractivity contribution in [2.45, 2.75) is 70.5 Å². The maximum atomic E-state index is 6.04. The van der Waals surface area contributed by atoms with Gasteiger partial charge in [0.05, 0.1) is 12.3 Å². The quantitative estimate of drug-likeness (QED) is 0.489. The summed E-state index contributed by atoms with van der Waals surface area (Å²) in [6.07, 6.45) is 10.9. The van der Waals surface area contributed by atoms with Crippen molar-refractivity contribution in [1.82, 2.24) is 19.7 Å². The number of hydrogen-bond acceptors (Lipinski definition) is 6. The van der Waals surface area contributed by atoms with E-state index in [0.29, 0.717) is 11.9 Å². The zero-order chi connectivity index (χ0) is 22.5. The number of hydrogen-bond donors (Lipinski definition) is 0. The van der Waals surface area contributed by atoms with Crippen LogP contribution in [-0.2, 0) is 6.54 Å². The van der Waals surface area contributed by atoms with E-state index >= 15 is 0 Å². The molecular weight excluding hydrogens is 412 g/mol. The Morgan fingerprint density at radius 2 is 1.76 bits per heavy atom. The molecule has 2 aromatic rings. The minimum absolute atomic E-state index is 0.642. The molecule has 2 atom stereocenters. The average molecular weight is 453 g/mol. The molecule has 33 heavy (non-hydrogen) atoms. The van der Waals surface area contributed by atoms with Crippen molar-refractivity contribution in [1.29, 1.82) is 0 Å². The molecule has 0 amide bonds. The minimum atomic E-state index is 0.642. The summed E-state index contributed by atoms with van der Waals surface area (Å²) in [6.45, 7) is 11.4. The van der Waals surface area contributed by atoms with E-state index in [1.54, 1.807) is 6.26 Å². The van der Waals surface area contributed by atoms with Crippen LogP contribution in [0.3, 0.4) is 0 Å². The first-order valence-corrected chi connectivity index (χ1v) is 13.1. The molecule has 0 aliphatic carbocycles. The van der Waals surface area contributed by atoms with Crippen LogP contribution in [0.4, 0.5) is 0 Å². The Hall–Kier alpha value is -1.89. The SMILES string of the molecule is CC1CCCN1Cc1coc(-c2ccc(OCCCN3CCC[C@H]3CN3CCCC3)cc2)n1. The topological polar surface area (TPSA) is 45.0 Å². The lowest BCUT2D eigenvalue weighted by atomic mass is 10.2.